The Bertz CT molecular complexity index is 752. The van der Waals surface area contributed by atoms with E-state index in [0.29, 0.717) is 5.56 Å². The maximum absolute atomic E-state index is 11.6. The molecule has 22 heavy (non-hydrogen) atoms. The first-order chi connectivity index (χ1) is 10.2. The molecular formula is C13H13NO7S. The topological polar surface area (TPSA) is 119 Å². The number of ether oxygens (including phenoxy) is 1. The van der Waals surface area contributed by atoms with Crippen LogP contribution < -0.4 is 10.1 Å². The Morgan fingerprint density at radius 3 is 2.50 bits per heavy atom. The molecule has 0 unspecified atom stereocenters. The molecule has 0 radical (unpaired) electrons. The van der Waals surface area contributed by atoms with Gasteiger partial charge in [0.25, 0.3) is 21.9 Å². The van der Waals surface area contributed by atoms with Crippen molar-refractivity contribution in [1.82, 2.24) is 5.32 Å². The Morgan fingerprint density at radius 1 is 1.18 bits per heavy atom. The standard InChI is InChI=1S/C13H13NO7S/c1-22(18,19)21-3-2-20-10-5-8(4-9(15)6-10)11-7-12(16)14-13(11)17/h4-7,15H,2-3H2,1H3,(H,14,16,17). The fourth-order valence-corrected chi connectivity index (χ4v) is 2.16. The highest BCUT2D eigenvalue weighted by Crippen LogP contribution is 2.28. The number of benzene rings is 1. The molecule has 1 aromatic carbocycles. The summed E-state index contributed by atoms with van der Waals surface area (Å²) in [6, 6.07) is 4.05. The molecule has 0 fully saturated rings. The highest BCUT2D eigenvalue weighted by atomic mass is 32.2. The van der Waals surface area contributed by atoms with Crippen LogP contribution in [0.2, 0.25) is 0 Å². The number of carbonyl (C=O) groups is 2. The zero-order chi connectivity index (χ0) is 16.3. The summed E-state index contributed by atoms with van der Waals surface area (Å²) >= 11 is 0. The lowest BCUT2D eigenvalue weighted by molar-refractivity contribution is -0.123. The molecule has 1 aliphatic heterocycles. The average Bonchev–Trinajstić information content (AvgIpc) is 2.72. The van der Waals surface area contributed by atoms with Crippen molar-refractivity contribution in [1.29, 1.82) is 0 Å². The Labute approximate surface area is 126 Å². The molecular weight excluding hydrogens is 314 g/mol. The van der Waals surface area contributed by atoms with Gasteiger partial charge in [0.2, 0.25) is 0 Å². The summed E-state index contributed by atoms with van der Waals surface area (Å²) in [5.41, 5.74) is 0.417. The molecule has 0 spiro atoms. The number of carbonyl (C=O) groups excluding carboxylic acids is 2. The van der Waals surface area contributed by atoms with Gasteiger partial charge in [0.15, 0.2) is 0 Å². The zero-order valence-corrected chi connectivity index (χ0v) is 12.3. The maximum Gasteiger partial charge on any atom is 0.264 e. The van der Waals surface area contributed by atoms with E-state index in [9.17, 15) is 23.1 Å². The molecule has 118 valence electrons. The van der Waals surface area contributed by atoms with Crippen LogP contribution in [0.5, 0.6) is 11.5 Å². The molecule has 2 N–H and O–H groups in total. The SMILES string of the molecule is CS(=O)(=O)OCCOc1cc(O)cc(C2=CC(=O)NC2=O)c1. The molecule has 1 heterocycles. The number of imide groups is 1. The predicted molar refractivity (Wildman–Crippen MR) is 75.5 cm³/mol. The number of aromatic hydroxyl groups is 1. The van der Waals surface area contributed by atoms with Gasteiger partial charge >= 0.3 is 0 Å². The van der Waals surface area contributed by atoms with Crippen LogP contribution in [0.15, 0.2) is 24.3 Å². The largest absolute Gasteiger partial charge is 0.508 e. The number of amides is 2. The van der Waals surface area contributed by atoms with Crippen molar-refractivity contribution >= 4 is 27.5 Å². The first-order valence-corrected chi connectivity index (χ1v) is 7.95. The van der Waals surface area contributed by atoms with E-state index >= 15 is 0 Å². The summed E-state index contributed by atoms with van der Waals surface area (Å²) in [6.07, 6.45) is 2.04. The third-order valence-corrected chi connectivity index (χ3v) is 3.20. The smallest absolute Gasteiger partial charge is 0.264 e. The molecule has 0 saturated heterocycles. The maximum atomic E-state index is 11.6. The molecule has 0 aromatic heterocycles. The van der Waals surface area contributed by atoms with Gasteiger partial charge in [-0.2, -0.15) is 8.42 Å². The second kappa shape index (κ2) is 6.16. The van der Waals surface area contributed by atoms with Crippen LogP contribution in [-0.4, -0.2) is 44.8 Å². The highest BCUT2D eigenvalue weighted by molar-refractivity contribution is 7.85. The molecule has 2 rings (SSSR count). The van der Waals surface area contributed by atoms with Crippen LogP contribution in [-0.2, 0) is 23.9 Å². The van der Waals surface area contributed by atoms with Crippen LogP contribution in [0.4, 0.5) is 0 Å². The third kappa shape index (κ3) is 4.30. The van der Waals surface area contributed by atoms with Gasteiger partial charge in [-0.1, -0.05) is 0 Å². The van der Waals surface area contributed by atoms with Gasteiger partial charge in [0.1, 0.15) is 24.7 Å². The first kappa shape index (κ1) is 16.0. The van der Waals surface area contributed by atoms with E-state index in [1.165, 1.54) is 18.2 Å². The van der Waals surface area contributed by atoms with Gasteiger partial charge in [-0.3, -0.25) is 19.1 Å². The van der Waals surface area contributed by atoms with Gasteiger partial charge in [-0.05, 0) is 17.7 Å². The Morgan fingerprint density at radius 2 is 1.91 bits per heavy atom. The minimum Gasteiger partial charge on any atom is -0.508 e. The van der Waals surface area contributed by atoms with Crippen molar-refractivity contribution in [3.8, 4) is 11.5 Å². The lowest BCUT2D eigenvalue weighted by Gasteiger charge is -2.09. The number of hydrogen-bond acceptors (Lipinski definition) is 7. The third-order valence-electron chi connectivity index (χ3n) is 2.61. The number of phenols is 1. The molecule has 9 heteroatoms. The molecule has 1 aliphatic rings. The highest BCUT2D eigenvalue weighted by Gasteiger charge is 2.23. The minimum atomic E-state index is -3.55. The molecule has 1 aromatic rings. The van der Waals surface area contributed by atoms with Crippen molar-refractivity contribution in [2.24, 2.45) is 0 Å². The molecule has 0 atom stereocenters. The van der Waals surface area contributed by atoms with E-state index in [1.54, 1.807) is 0 Å². The van der Waals surface area contributed by atoms with Gasteiger partial charge in [-0.25, -0.2) is 0 Å². The molecule has 2 amide bonds. The minimum absolute atomic E-state index is 0.0693. The second-order valence-corrected chi connectivity index (χ2v) is 6.11. The van der Waals surface area contributed by atoms with E-state index in [4.69, 9.17) is 4.74 Å². The van der Waals surface area contributed by atoms with Crippen molar-refractivity contribution in [2.75, 3.05) is 19.5 Å². The molecule has 0 bridgehead atoms. The van der Waals surface area contributed by atoms with E-state index in [1.807, 2.05) is 0 Å². The quantitative estimate of drug-likeness (QED) is 0.421. The Hall–Kier alpha value is -2.39. The van der Waals surface area contributed by atoms with Crippen LogP contribution >= 0.6 is 0 Å². The van der Waals surface area contributed by atoms with Gasteiger partial charge < -0.3 is 9.84 Å². The van der Waals surface area contributed by atoms with Gasteiger partial charge in [0, 0.05) is 12.1 Å². The van der Waals surface area contributed by atoms with Crippen LogP contribution in [0.1, 0.15) is 5.56 Å². The van der Waals surface area contributed by atoms with E-state index in [2.05, 4.69) is 9.50 Å². The van der Waals surface area contributed by atoms with Crippen LogP contribution in [0.25, 0.3) is 5.57 Å². The first-order valence-electron chi connectivity index (χ1n) is 6.13. The summed E-state index contributed by atoms with van der Waals surface area (Å²) in [5.74, 6) is -1.06. The lowest BCUT2D eigenvalue weighted by Crippen LogP contribution is -2.21. The summed E-state index contributed by atoms with van der Waals surface area (Å²) < 4.78 is 31.3. The van der Waals surface area contributed by atoms with E-state index < -0.39 is 21.9 Å². The molecule has 8 nitrogen and oxygen atoms in total. The van der Waals surface area contributed by atoms with Crippen LogP contribution in [0.3, 0.4) is 0 Å². The predicted octanol–water partition coefficient (Wildman–Crippen LogP) is -0.213. The fraction of sp³-hybridized carbons (Fsp3) is 0.231. The van der Waals surface area contributed by atoms with E-state index in [-0.39, 0.29) is 30.3 Å². The van der Waals surface area contributed by atoms with Crippen LogP contribution in [0, 0.1) is 0 Å². The molecule has 0 saturated carbocycles. The number of phenolic OH excluding ortho intramolecular Hbond substituents is 1. The van der Waals surface area contributed by atoms with E-state index in [0.717, 1.165) is 12.3 Å². The zero-order valence-electron chi connectivity index (χ0n) is 11.5. The average molecular weight is 327 g/mol. The van der Waals surface area contributed by atoms with Gasteiger partial charge in [-0.15, -0.1) is 0 Å². The number of nitrogens with one attached hydrogen (secondary N) is 1. The van der Waals surface area contributed by atoms with Gasteiger partial charge in [0.05, 0.1) is 11.8 Å². The lowest BCUT2D eigenvalue weighted by atomic mass is 10.1. The summed E-state index contributed by atoms with van der Waals surface area (Å²) in [7, 11) is -3.55. The van der Waals surface area contributed by atoms with Crippen molar-refractivity contribution in [2.45, 2.75) is 0 Å². The number of hydrogen-bond donors (Lipinski definition) is 2. The summed E-state index contributed by atoms with van der Waals surface area (Å²) in [5, 5.41) is 11.7. The van der Waals surface area contributed by atoms with Crippen molar-refractivity contribution in [3.63, 3.8) is 0 Å². The monoisotopic (exact) mass is 327 g/mol. The fourth-order valence-electron chi connectivity index (χ4n) is 1.79. The van der Waals surface area contributed by atoms with Crippen molar-refractivity contribution < 1.29 is 32.0 Å². The summed E-state index contributed by atoms with van der Waals surface area (Å²) in [6.45, 7) is -0.258. The number of rotatable bonds is 6. The second-order valence-electron chi connectivity index (χ2n) is 4.47. The summed E-state index contributed by atoms with van der Waals surface area (Å²) in [4.78, 5) is 22.7. The van der Waals surface area contributed by atoms with Crippen molar-refractivity contribution in [3.05, 3.63) is 29.8 Å². The normalized spacial score (nSPS) is 14.7. The Balaban J connectivity index is 2.09. The Kier molecular flexibility index (Phi) is 4.48. The molecule has 0 aliphatic carbocycles.